The maximum Gasteiger partial charge on any atom is 0.193 e. The summed E-state index contributed by atoms with van der Waals surface area (Å²) < 4.78 is 5.60. The molecule has 1 saturated heterocycles. The Hall–Kier alpha value is -2.49. The quantitative estimate of drug-likeness (QED) is 0.649. The summed E-state index contributed by atoms with van der Waals surface area (Å²) in [6.07, 6.45) is 3.58. The third-order valence-corrected chi connectivity index (χ3v) is 6.09. The van der Waals surface area contributed by atoms with E-state index in [1.54, 1.807) is 7.11 Å². The maximum absolute atomic E-state index is 5.60. The first-order valence-electron chi connectivity index (χ1n) is 9.90. The summed E-state index contributed by atoms with van der Waals surface area (Å²) in [5.41, 5.74) is 2.93. The smallest absolute Gasteiger partial charge is 0.193 e. The van der Waals surface area contributed by atoms with Crippen molar-refractivity contribution in [2.75, 3.05) is 33.8 Å². The normalized spacial score (nSPS) is 21.2. The summed E-state index contributed by atoms with van der Waals surface area (Å²) in [6.45, 7) is 3.00. The van der Waals surface area contributed by atoms with Crippen LogP contribution in [0.25, 0.3) is 0 Å². The molecule has 1 N–H and O–H groups in total. The number of nitrogens with one attached hydrogen (secondary N) is 1. The average Bonchev–Trinajstić information content (AvgIpc) is 3.36. The van der Waals surface area contributed by atoms with Gasteiger partial charge in [0.2, 0.25) is 0 Å². The summed E-state index contributed by atoms with van der Waals surface area (Å²) in [5, 5.41) is 3.66. The topological polar surface area (TPSA) is 36.9 Å². The van der Waals surface area contributed by atoms with Crippen LogP contribution in [0.1, 0.15) is 36.3 Å². The van der Waals surface area contributed by atoms with Crippen molar-refractivity contribution in [2.24, 2.45) is 4.99 Å². The van der Waals surface area contributed by atoms with Gasteiger partial charge in [-0.05, 0) is 30.9 Å². The number of nitrogens with zero attached hydrogens (tertiary/aromatic N) is 2. The molecule has 0 aromatic heterocycles. The number of aliphatic imine (C=N–C) groups is 1. The third kappa shape index (κ3) is 3.66. The van der Waals surface area contributed by atoms with Crippen LogP contribution < -0.4 is 10.1 Å². The van der Waals surface area contributed by atoms with Gasteiger partial charge in [0.05, 0.1) is 7.11 Å². The second-order valence-corrected chi connectivity index (χ2v) is 7.72. The molecule has 2 aromatic rings. The molecule has 2 aliphatic rings. The number of hydrogen-bond acceptors (Lipinski definition) is 2. The van der Waals surface area contributed by atoms with E-state index in [4.69, 9.17) is 4.74 Å². The van der Waals surface area contributed by atoms with Gasteiger partial charge in [0.15, 0.2) is 5.96 Å². The third-order valence-electron chi connectivity index (χ3n) is 6.09. The number of ether oxygens (including phenoxy) is 1. The number of methoxy groups -OCH3 is 1. The highest BCUT2D eigenvalue weighted by molar-refractivity contribution is 5.80. The molecule has 4 nitrogen and oxygen atoms in total. The van der Waals surface area contributed by atoms with Crippen molar-refractivity contribution >= 4 is 5.96 Å². The lowest BCUT2D eigenvalue weighted by Crippen LogP contribution is -2.43. The first-order chi connectivity index (χ1) is 13.3. The fourth-order valence-corrected chi connectivity index (χ4v) is 4.31. The van der Waals surface area contributed by atoms with Crippen LogP contribution in [-0.2, 0) is 5.41 Å². The molecule has 142 valence electrons. The van der Waals surface area contributed by atoms with Gasteiger partial charge >= 0.3 is 0 Å². The Morgan fingerprint density at radius 1 is 1.15 bits per heavy atom. The van der Waals surface area contributed by atoms with Crippen molar-refractivity contribution in [1.82, 2.24) is 10.2 Å². The van der Waals surface area contributed by atoms with Crippen LogP contribution in [0.2, 0.25) is 0 Å². The Kier molecular flexibility index (Phi) is 5.06. The Labute approximate surface area is 162 Å². The number of likely N-dealkylation sites (tertiary alicyclic amines) is 1. The molecule has 4 heteroatoms. The highest BCUT2D eigenvalue weighted by Crippen LogP contribution is 2.50. The molecule has 0 radical (unpaired) electrons. The first kappa shape index (κ1) is 17.9. The van der Waals surface area contributed by atoms with Crippen molar-refractivity contribution in [3.8, 4) is 5.75 Å². The van der Waals surface area contributed by atoms with E-state index in [2.05, 4.69) is 63.7 Å². The van der Waals surface area contributed by atoms with Crippen molar-refractivity contribution in [2.45, 2.75) is 30.6 Å². The van der Waals surface area contributed by atoms with E-state index < -0.39 is 0 Å². The van der Waals surface area contributed by atoms with E-state index >= 15 is 0 Å². The molecule has 1 unspecified atom stereocenters. The zero-order valence-electron chi connectivity index (χ0n) is 16.3. The zero-order chi connectivity index (χ0) is 18.7. The van der Waals surface area contributed by atoms with Gasteiger partial charge in [-0.2, -0.15) is 0 Å². The second kappa shape index (κ2) is 7.63. The van der Waals surface area contributed by atoms with Gasteiger partial charge in [0.25, 0.3) is 0 Å². The van der Waals surface area contributed by atoms with Crippen LogP contribution in [0.15, 0.2) is 59.6 Å². The Balaban J connectivity index is 1.40. The molecular weight excluding hydrogens is 334 g/mol. The molecule has 27 heavy (non-hydrogen) atoms. The second-order valence-electron chi connectivity index (χ2n) is 7.72. The van der Waals surface area contributed by atoms with E-state index in [0.29, 0.717) is 5.92 Å². The van der Waals surface area contributed by atoms with E-state index in [9.17, 15) is 0 Å². The van der Waals surface area contributed by atoms with Gasteiger partial charge in [-0.15, -0.1) is 0 Å². The minimum Gasteiger partial charge on any atom is -0.496 e. The SMILES string of the molecule is CN=C(NCC1(c2ccccc2OC)CC1)N1CCC(c2ccccc2)C1. The molecule has 0 amide bonds. The van der Waals surface area contributed by atoms with Crippen LogP contribution >= 0.6 is 0 Å². The molecule has 4 rings (SSSR count). The van der Waals surface area contributed by atoms with Crippen LogP contribution in [0.3, 0.4) is 0 Å². The maximum atomic E-state index is 5.60. The van der Waals surface area contributed by atoms with Gasteiger partial charge in [-0.1, -0.05) is 48.5 Å². The number of para-hydroxylation sites is 1. The molecule has 1 aliphatic carbocycles. The monoisotopic (exact) mass is 363 g/mol. The van der Waals surface area contributed by atoms with Crippen molar-refractivity contribution in [3.63, 3.8) is 0 Å². The van der Waals surface area contributed by atoms with Crippen molar-refractivity contribution in [1.29, 1.82) is 0 Å². The lowest BCUT2D eigenvalue weighted by atomic mass is 9.95. The average molecular weight is 364 g/mol. The van der Waals surface area contributed by atoms with Gasteiger partial charge in [-0.25, -0.2) is 0 Å². The molecule has 1 aliphatic heterocycles. The van der Waals surface area contributed by atoms with Crippen molar-refractivity contribution in [3.05, 3.63) is 65.7 Å². The van der Waals surface area contributed by atoms with Crippen LogP contribution in [0, 0.1) is 0 Å². The fraction of sp³-hybridized carbons (Fsp3) is 0.435. The molecule has 1 saturated carbocycles. The van der Waals surface area contributed by atoms with Gasteiger partial charge in [0, 0.05) is 43.6 Å². The van der Waals surface area contributed by atoms with E-state index in [0.717, 1.165) is 31.3 Å². The molecule has 1 heterocycles. The minimum atomic E-state index is 0.182. The van der Waals surface area contributed by atoms with E-state index in [1.807, 2.05) is 13.1 Å². The molecule has 0 spiro atoms. The minimum absolute atomic E-state index is 0.182. The lowest BCUT2D eigenvalue weighted by Gasteiger charge is -2.25. The highest BCUT2D eigenvalue weighted by atomic mass is 16.5. The summed E-state index contributed by atoms with van der Waals surface area (Å²) >= 11 is 0. The molecule has 1 atom stereocenters. The van der Waals surface area contributed by atoms with Crippen molar-refractivity contribution < 1.29 is 4.74 Å². The molecular formula is C23H29N3O. The molecule has 0 bridgehead atoms. The Morgan fingerprint density at radius 3 is 2.59 bits per heavy atom. The summed E-state index contributed by atoms with van der Waals surface area (Å²) in [5.74, 6) is 2.61. The fourth-order valence-electron chi connectivity index (χ4n) is 4.31. The van der Waals surface area contributed by atoms with Gasteiger partial charge in [0.1, 0.15) is 5.75 Å². The standard InChI is InChI=1S/C23H29N3O/c1-24-22(26-15-12-19(16-26)18-8-4-3-5-9-18)25-17-23(13-14-23)20-10-6-7-11-21(20)27-2/h3-11,19H,12-17H2,1-2H3,(H,24,25). The summed E-state index contributed by atoms with van der Waals surface area (Å²) in [4.78, 5) is 6.96. The first-order valence-corrected chi connectivity index (χ1v) is 9.90. The van der Waals surface area contributed by atoms with Crippen LogP contribution in [-0.4, -0.2) is 44.7 Å². The number of rotatable bonds is 5. The Morgan fingerprint density at radius 2 is 1.89 bits per heavy atom. The zero-order valence-corrected chi connectivity index (χ0v) is 16.3. The number of benzene rings is 2. The van der Waals surface area contributed by atoms with Crippen LogP contribution in [0.4, 0.5) is 0 Å². The predicted octanol–water partition coefficient (Wildman–Crippen LogP) is 3.79. The highest BCUT2D eigenvalue weighted by Gasteiger charge is 2.46. The molecule has 2 fully saturated rings. The molecule has 2 aromatic carbocycles. The van der Waals surface area contributed by atoms with E-state index in [-0.39, 0.29) is 5.41 Å². The predicted molar refractivity (Wildman–Crippen MR) is 111 cm³/mol. The Bertz CT molecular complexity index is 798. The number of guanidine groups is 1. The summed E-state index contributed by atoms with van der Waals surface area (Å²) in [6, 6.07) is 19.3. The number of hydrogen-bond donors (Lipinski definition) is 1. The summed E-state index contributed by atoms with van der Waals surface area (Å²) in [7, 11) is 3.65. The van der Waals surface area contributed by atoms with Gasteiger partial charge < -0.3 is 15.0 Å². The van der Waals surface area contributed by atoms with Crippen LogP contribution in [0.5, 0.6) is 5.75 Å². The van der Waals surface area contributed by atoms with E-state index in [1.165, 1.54) is 30.4 Å². The largest absolute Gasteiger partial charge is 0.496 e. The lowest BCUT2D eigenvalue weighted by molar-refractivity contribution is 0.402. The van der Waals surface area contributed by atoms with Gasteiger partial charge in [-0.3, -0.25) is 4.99 Å².